The number of hydrogen-bond donors (Lipinski definition) is 1. The molecule has 6 heteroatoms. The Bertz CT molecular complexity index is 441. The van der Waals surface area contributed by atoms with Gasteiger partial charge in [0.05, 0.1) is 5.56 Å². The van der Waals surface area contributed by atoms with Gasteiger partial charge in [0, 0.05) is 34.8 Å². The van der Waals surface area contributed by atoms with Crippen molar-refractivity contribution in [3.05, 3.63) is 22.3 Å². The highest BCUT2D eigenvalue weighted by atomic mass is 79.9. The maximum atomic E-state index is 12.4. The number of pyridine rings is 1. The molecule has 2 heterocycles. The Labute approximate surface area is 113 Å². The van der Waals surface area contributed by atoms with Crippen LogP contribution in [0, 0.1) is 0 Å². The largest absolute Gasteiger partial charge is 0.383 e. The van der Waals surface area contributed by atoms with Crippen LogP contribution in [-0.4, -0.2) is 39.9 Å². The molecule has 0 aliphatic carbocycles. The second kappa shape index (κ2) is 5.27. The Morgan fingerprint density at radius 2 is 2.47 bits per heavy atom. The normalized spacial score (nSPS) is 20.4. The van der Waals surface area contributed by atoms with Gasteiger partial charge in [0.1, 0.15) is 5.82 Å². The van der Waals surface area contributed by atoms with Gasteiger partial charge in [0.25, 0.3) is 5.91 Å². The van der Waals surface area contributed by atoms with Crippen molar-refractivity contribution in [1.29, 1.82) is 0 Å². The summed E-state index contributed by atoms with van der Waals surface area (Å²) in [5, 5.41) is 0. The summed E-state index contributed by atoms with van der Waals surface area (Å²) in [5.41, 5.74) is 6.24. The van der Waals surface area contributed by atoms with E-state index in [1.807, 2.05) is 16.7 Å². The number of anilines is 1. The molecule has 2 rings (SSSR count). The minimum Gasteiger partial charge on any atom is -0.383 e. The third kappa shape index (κ3) is 2.74. The van der Waals surface area contributed by atoms with Crippen LogP contribution in [0.3, 0.4) is 0 Å². The molecule has 1 saturated heterocycles. The Morgan fingerprint density at radius 1 is 1.71 bits per heavy atom. The fourth-order valence-corrected chi connectivity index (χ4v) is 3.15. The van der Waals surface area contributed by atoms with E-state index < -0.39 is 0 Å². The fourth-order valence-electron chi connectivity index (χ4n) is 1.80. The Balaban J connectivity index is 2.26. The molecule has 1 amide bonds. The molecule has 1 aromatic heterocycles. The van der Waals surface area contributed by atoms with Gasteiger partial charge in [-0.2, -0.15) is 11.8 Å². The molecule has 2 N–H and O–H groups in total. The Hall–Kier alpha value is -0.750. The number of aromatic nitrogens is 1. The highest BCUT2D eigenvalue weighted by Gasteiger charge is 2.26. The van der Waals surface area contributed by atoms with Crippen molar-refractivity contribution in [2.75, 3.05) is 23.8 Å². The lowest BCUT2D eigenvalue weighted by atomic mass is 10.2. The molecule has 0 saturated carbocycles. The standard InChI is InChI=1S/C11H14BrN3OS/c1-7-6-17-3-2-15(7)11(16)9-4-8(12)5-14-10(9)13/h4-5,7H,2-3,6H2,1H3,(H2,13,14). The van der Waals surface area contributed by atoms with Crippen LogP contribution in [-0.2, 0) is 0 Å². The van der Waals surface area contributed by atoms with E-state index in [1.165, 1.54) is 0 Å². The third-order valence-corrected chi connectivity index (χ3v) is 4.37. The summed E-state index contributed by atoms with van der Waals surface area (Å²) >= 11 is 5.19. The zero-order valence-electron chi connectivity index (χ0n) is 9.52. The average molecular weight is 316 g/mol. The van der Waals surface area contributed by atoms with Gasteiger partial charge in [0.15, 0.2) is 0 Å². The van der Waals surface area contributed by atoms with Crippen LogP contribution in [0.25, 0.3) is 0 Å². The van der Waals surface area contributed by atoms with Crippen LogP contribution in [0.2, 0.25) is 0 Å². The van der Waals surface area contributed by atoms with Crippen LogP contribution in [0.4, 0.5) is 5.82 Å². The van der Waals surface area contributed by atoms with Crippen LogP contribution in [0.5, 0.6) is 0 Å². The molecule has 1 unspecified atom stereocenters. The van der Waals surface area contributed by atoms with Crippen molar-refractivity contribution in [3.8, 4) is 0 Å². The van der Waals surface area contributed by atoms with Crippen LogP contribution in [0.15, 0.2) is 16.7 Å². The Kier molecular flexibility index (Phi) is 3.93. The summed E-state index contributed by atoms with van der Waals surface area (Å²) in [5.74, 6) is 2.23. The lowest BCUT2D eigenvalue weighted by Gasteiger charge is -2.33. The van der Waals surface area contributed by atoms with E-state index in [9.17, 15) is 4.79 Å². The van der Waals surface area contributed by atoms with E-state index in [1.54, 1.807) is 12.3 Å². The van der Waals surface area contributed by atoms with Gasteiger partial charge in [-0.25, -0.2) is 4.98 Å². The molecule has 1 aliphatic rings. The molecule has 1 aromatic rings. The van der Waals surface area contributed by atoms with E-state index in [-0.39, 0.29) is 11.9 Å². The first-order chi connectivity index (χ1) is 8.09. The number of halogens is 1. The maximum absolute atomic E-state index is 12.4. The van der Waals surface area contributed by atoms with Crippen molar-refractivity contribution < 1.29 is 4.79 Å². The van der Waals surface area contributed by atoms with E-state index >= 15 is 0 Å². The first-order valence-electron chi connectivity index (χ1n) is 5.39. The number of nitrogen functional groups attached to an aromatic ring is 1. The van der Waals surface area contributed by atoms with Gasteiger partial charge < -0.3 is 10.6 Å². The quantitative estimate of drug-likeness (QED) is 0.861. The van der Waals surface area contributed by atoms with Crippen molar-refractivity contribution in [2.45, 2.75) is 13.0 Å². The molecule has 0 spiro atoms. The number of carbonyl (C=O) groups excluding carboxylic acids is 1. The zero-order valence-corrected chi connectivity index (χ0v) is 11.9. The van der Waals surface area contributed by atoms with Crippen molar-refractivity contribution in [2.24, 2.45) is 0 Å². The van der Waals surface area contributed by atoms with Gasteiger partial charge in [-0.3, -0.25) is 4.79 Å². The molecule has 1 aliphatic heterocycles. The lowest BCUT2D eigenvalue weighted by Crippen LogP contribution is -2.44. The van der Waals surface area contributed by atoms with Crippen LogP contribution >= 0.6 is 27.7 Å². The number of rotatable bonds is 1. The average Bonchev–Trinajstić information content (AvgIpc) is 2.32. The molecule has 4 nitrogen and oxygen atoms in total. The minimum atomic E-state index is -0.0240. The molecule has 92 valence electrons. The van der Waals surface area contributed by atoms with Crippen molar-refractivity contribution in [3.63, 3.8) is 0 Å². The number of carbonyl (C=O) groups is 1. The highest BCUT2D eigenvalue weighted by Crippen LogP contribution is 2.22. The first-order valence-corrected chi connectivity index (χ1v) is 7.34. The first kappa shape index (κ1) is 12.7. The summed E-state index contributed by atoms with van der Waals surface area (Å²) in [6, 6.07) is 1.98. The van der Waals surface area contributed by atoms with Crippen LogP contribution < -0.4 is 5.73 Å². The second-order valence-electron chi connectivity index (χ2n) is 4.01. The maximum Gasteiger partial charge on any atom is 0.257 e. The van der Waals surface area contributed by atoms with E-state index in [2.05, 4.69) is 27.8 Å². The third-order valence-electron chi connectivity index (χ3n) is 2.74. The predicted molar refractivity (Wildman–Crippen MR) is 74.2 cm³/mol. The molecular formula is C11H14BrN3OS. The van der Waals surface area contributed by atoms with Crippen molar-refractivity contribution >= 4 is 39.4 Å². The second-order valence-corrected chi connectivity index (χ2v) is 6.07. The number of nitrogens with two attached hydrogens (primary N) is 1. The smallest absolute Gasteiger partial charge is 0.257 e. The summed E-state index contributed by atoms with van der Waals surface area (Å²) in [6.07, 6.45) is 1.60. The van der Waals surface area contributed by atoms with Gasteiger partial charge >= 0.3 is 0 Å². The highest BCUT2D eigenvalue weighted by molar-refractivity contribution is 9.10. The fraction of sp³-hybridized carbons (Fsp3) is 0.455. The number of nitrogens with zero attached hydrogens (tertiary/aromatic N) is 2. The molecule has 1 atom stereocenters. The molecule has 0 radical (unpaired) electrons. The lowest BCUT2D eigenvalue weighted by molar-refractivity contribution is 0.0716. The van der Waals surface area contributed by atoms with Crippen molar-refractivity contribution in [1.82, 2.24) is 9.88 Å². The SMILES string of the molecule is CC1CSCCN1C(=O)c1cc(Br)cnc1N. The topological polar surface area (TPSA) is 59.2 Å². The summed E-state index contributed by atoms with van der Waals surface area (Å²) < 4.78 is 0.772. The van der Waals surface area contributed by atoms with Gasteiger partial charge in [-0.05, 0) is 28.9 Å². The monoisotopic (exact) mass is 315 g/mol. The number of amides is 1. The molecule has 0 bridgehead atoms. The molecule has 17 heavy (non-hydrogen) atoms. The number of hydrogen-bond acceptors (Lipinski definition) is 4. The Morgan fingerprint density at radius 3 is 3.18 bits per heavy atom. The van der Waals surface area contributed by atoms with Gasteiger partial charge in [0.2, 0.25) is 0 Å². The summed E-state index contributed by atoms with van der Waals surface area (Å²) in [6.45, 7) is 2.84. The zero-order chi connectivity index (χ0) is 12.4. The van der Waals surface area contributed by atoms with Crippen LogP contribution in [0.1, 0.15) is 17.3 Å². The molecule has 0 aromatic carbocycles. The molecule has 1 fully saturated rings. The van der Waals surface area contributed by atoms with Gasteiger partial charge in [-0.1, -0.05) is 0 Å². The molecular weight excluding hydrogens is 302 g/mol. The summed E-state index contributed by atoms with van der Waals surface area (Å²) in [4.78, 5) is 18.2. The summed E-state index contributed by atoms with van der Waals surface area (Å²) in [7, 11) is 0. The van der Waals surface area contributed by atoms with E-state index in [0.717, 1.165) is 22.5 Å². The predicted octanol–water partition coefficient (Wildman–Crippen LogP) is 2.00. The van der Waals surface area contributed by atoms with E-state index in [0.29, 0.717) is 11.4 Å². The van der Waals surface area contributed by atoms with Gasteiger partial charge in [-0.15, -0.1) is 0 Å². The van der Waals surface area contributed by atoms with E-state index in [4.69, 9.17) is 5.73 Å². The number of thioether (sulfide) groups is 1. The minimum absolute atomic E-state index is 0.0240.